The molecule has 2 heterocycles. The normalized spacial score (nSPS) is 15.4. The van der Waals surface area contributed by atoms with Crippen LogP contribution in [0.15, 0.2) is 60.8 Å². The molecule has 3 aromatic rings. The minimum atomic E-state index is -0.119. The summed E-state index contributed by atoms with van der Waals surface area (Å²) >= 11 is 0. The molecular formula is C21H19N2O2. The van der Waals surface area contributed by atoms with E-state index in [2.05, 4.69) is 4.98 Å². The van der Waals surface area contributed by atoms with Gasteiger partial charge in [-0.2, -0.15) is 0 Å². The van der Waals surface area contributed by atoms with Crippen molar-refractivity contribution in [2.75, 3.05) is 6.54 Å². The molecule has 2 aromatic carbocycles. The first kappa shape index (κ1) is 15.6. The smallest absolute Gasteiger partial charge is 0.237 e. The number of rotatable bonds is 5. The van der Waals surface area contributed by atoms with E-state index in [0.29, 0.717) is 25.3 Å². The van der Waals surface area contributed by atoms with Crippen LogP contribution in [0.4, 0.5) is 0 Å². The molecule has 4 heteroatoms. The number of likely N-dealkylation sites (tertiary alicyclic amines) is 1. The number of nitrogens with zero attached hydrogens (tertiary/aromatic N) is 1. The molecule has 4 rings (SSSR count). The quantitative estimate of drug-likeness (QED) is 0.730. The molecule has 1 N–H and O–H groups in total. The summed E-state index contributed by atoms with van der Waals surface area (Å²) in [6.07, 6.45) is 3.38. The summed E-state index contributed by atoms with van der Waals surface area (Å²) in [6, 6.07) is 17.9. The molecule has 0 spiro atoms. The van der Waals surface area contributed by atoms with Gasteiger partial charge in [0, 0.05) is 30.1 Å². The molecule has 1 fully saturated rings. The summed E-state index contributed by atoms with van der Waals surface area (Å²) in [4.78, 5) is 29.6. The van der Waals surface area contributed by atoms with Gasteiger partial charge >= 0.3 is 0 Å². The van der Waals surface area contributed by atoms with Gasteiger partial charge in [-0.3, -0.25) is 14.5 Å². The van der Waals surface area contributed by atoms with E-state index < -0.39 is 0 Å². The highest BCUT2D eigenvalue weighted by molar-refractivity contribution is 6.11. The third kappa shape index (κ3) is 3.07. The van der Waals surface area contributed by atoms with Crippen molar-refractivity contribution in [3.05, 3.63) is 77.8 Å². The standard InChI is InChI=1S/C21H19N2O2/c24-20-13-16(12-17-14-22-19-9-5-4-8-18(17)19)21(25)23(20)11-10-15-6-2-1-3-7-15/h1-9,14,22H,10-13H2. The van der Waals surface area contributed by atoms with Gasteiger partial charge in [0.05, 0.1) is 5.92 Å². The number of hydrogen-bond donors (Lipinski definition) is 1. The summed E-state index contributed by atoms with van der Waals surface area (Å²) in [7, 11) is 0. The van der Waals surface area contributed by atoms with Gasteiger partial charge in [0.25, 0.3) is 0 Å². The number of para-hydroxylation sites is 1. The number of carbonyl (C=O) groups is 2. The molecule has 0 unspecified atom stereocenters. The van der Waals surface area contributed by atoms with E-state index in [-0.39, 0.29) is 18.2 Å². The first-order valence-corrected chi connectivity index (χ1v) is 8.50. The molecule has 25 heavy (non-hydrogen) atoms. The van der Waals surface area contributed by atoms with Crippen molar-refractivity contribution in [3.63, 3.8) is 0 Å². The lowest BCUT2D eigenvalue weighted by atomic mass is 9.97. The number of benzene rings is 2. The van der Waals surface area contributed by atoms with Crippen LogP contribution in [0.1, 0.15) is 17.5 Å². The lowest BCUT2D eigenvalue weighted by Gasteiger charge is -2.14. The van der Waals surface area contributed by atoms with Crippen molar-refractivity contribution in [3.8, 4) is 0 Å². The van der Waals surface area contributed by atoms with E-state index in [1.165, 1.54) is 4.90 Å². The molecule has 2 amide bonds. The molecule has 1 saturated heterocycles. The molecule has 125 valence electrons. The number of nitrogens with one attached hydrogen (secondary N) is 1. The Morgan fingerprint density at radius 2 is 1.72 bits per heavy atom. The molecule has 0 aliphatic carbocycles. The van der Waals surface area contributed by atoms with Gasteiger partial charge in [-0.15, -0.1) is 0 Å². The zero-order chi connectivity index (χ0) is 17.2. The highest BCUT2D eigenvalue weighted by atomic mass is 16.2. The fourth-order valence-corrected chi connectivity index (χ4v) is 3.42. The van der Waals surface area contributed by atoms with E-state index in [9.17, 15) is 9.59 Å². The second-order valence-corrected chi connectivity index (χ2v) is 6.40. The maximum atomic E-state index is 12.7. The Bertz CT molecular complexity index is 914. The van der Waals surface area contributed by atoms with Gasteiger partial charge in [-0.25, -0.2) is 0 Å². The second-order valence-electron chi connectivity index (χ2n) is 6.40. The van der Waals surface area contributed by atoms with Crippen LogP contribution in [0.3, 0.4) is 0 Å². The number of aromatic nitrogens is 1. The summed E-state index contributed by atoms with van der Waals surface area (Å²) in [5.74, 6) is 0.477. The number of H-pyrrole nitrogens is 1. The van der Waals surface area contributed by atoms with E-state index in [1.54, 1.807) is 0 Å². The Balaban J connectivity index is 1.45. The Kier molecular flexibility index (Phi) is 4.10. The Morgan fingerprint density at radius 1 is 0.960 bits per heavy atom. The van der Waals surface area contributed by atoms with Crippen LogP contribution in [0.25, 0.3) is 10.9 Å². The number of aromatic amines is 1. The monoisotopic (exact) mass is 331 g/mol. The minimum Gasteiger partial charge on any atom is -0.361 e. The van der Waals surface area contributed by atoms with Crippen molar-refractivity contribution in [2.45, 2.75) is 19.3 Å². The van der Waals surface area contributed by atoms with E-state index >= 15 is 0 Å². The van der Waals surface area contributed by atoms with Crippen molar-refractivity contribution >= 4 is 22.7 Å². The van der Waals surface area contributed by atoms with Gasteiger partial charge in [0.1, 0.15) is 0 Å². The van der Waals surface area contributed by atoms with Gasteiger partial charge in [0.15, 0.2) is 0 Å². The largest absolute Gasteiger partial charge is 0.361 e. The van der Waals surface area contributed by atoms with Crippen LogP contribution in [-0.4, -0.2) is 28.2 Å². The van der Waals surface area contributed by atoms with Gasteiger partial charge in [-0.1, -0.05) is 48.5 Å². The number of carbonyl (C=O) groups excluding carboxylic acids is 2. The van der Waals surface area contributed by atoms with Crippen LogP contribution >= 0.6 is 0 Å². The van der Waals surface area contributed by atoms with E-state index in [0.717, 1.165) is 22.0 Å². The Morgan fingerprint density at radius 3 is 2.56 bits per heavy atom. The predicted molar refractivity (Wildman–Crippen MR) is 96.7 cm³/mol. The van der Waals surface area contributed by atoms with Gasteiger partial charge < -0.3 is 4.98 Å². The third-order valence-corrected chi connectivity index (χ3v) is 4.76. The highest BCUT2D eigenvalue weighted by Crippen LogP contribution is 2.28. The average Bonchev–Trinajstić information content (AvgIpc) is 3.16. The maximum absolute atomic E-state index is 12.7. The number of imide groups is 1. The highest BCUT2D eigenvalue weighted by Gasteiger charge is 2.38. The Labute approximate surface area is 146 Å². The van der Waals surface area contributed by atoms with Gasteiger partial charge in [0.2, 0.25) is 11.8 Å². The molecule has 1 aromatic heterocycles. The summed E-state index contributed by atoms with van der Waals surface area (Å²) in [5, 5.41) is 1.11. The molecule has 1 aliphatic heterocycles. The zero-order valence-electron chi connectivity index (χ0n) is 13.9. The number of amides is 2. The van der Waals surface area contributed by atoms with Crippen molar-refractivity contribution < 1.29 is 9.59 Å². The fourth-order valence-electron chi connectivity index (χ4n) is 3.42. The van der Waals surface area contributed by atoms with Crippen LogP contribution in [-0.2, 0) is 22.4 Å². The molecule has 0 bridgehead atoms. The topological polar surface area (TPSA) is 53.2 Å². The maximum Gasteiger partial charge on any atom is 0.237 e. The molecule has 0 saturated carbocycles. The zero-order valence-corrected chi connectivity index (χ0v) is 13.9. The minimum absolute atomic E-state index is 0.0872. The van der Waals surface area contributed by atoms with Crippen LogP contribution in [0, 0.1) is 5.92 Å². The van der Waals surface area contributed by atoms with E-state index in [1.807, 2.05) is 60.8 Å². The third-order valence-electron chi connectivity index (χ3n) is 4.76. The summed E-state index contributed by atoms with van der Waals surface area (Å²) in [6.45, 7) is 0.444. The molecule has 1 aliphatic rings. The Hall–Kier alpha value is -2.88. The van der Waals surface area contributed by atoms with Crippen LogP contribution in [0.5, 0.6) is 0 Å². The van der Waals surface area contributed by atoms with Crippen LogP contribution < -0.4 is 0 Å². The SMILES string of the molecule is O=C1C[C](Cc2c[nH]c3ccccc23)C(=O)N1CCc1ccccc1. The molecular weight excluding hydrogens is 312 g/mol. The molecule has 4 nitrogen and oxygen atoms in total. The van der Waals surface area contributed by atoms with Crippen molar-refractivity contribution in [2.24, 2.45) is 0 Å². The fraction of sp³-hybridized carbons (Fsp3) is 0.190. The predicted octanol–water partition coefficient (Wildman–Crippen LogP) is 3.29. The van der Waals surface area contributed by atoms with E-state index in [4.69, 9.17) is 0 Å². The van der Waals surface area contributed by atoms with Gasteiger partial charge in [-0.05, 0) is 30.0 Å². The lowest BCUT2D eigenvalue weighted by molar-refractivity contribution is -0.137. The summed E-state index contributed by atoms with van der Waals surface area (Å²) < 4.78 is 0. The van der Waals surface area contributed by atoms with Crippen LogP contribution in [0.2, 0.25) is 0 Å². The summed E-state index contributed by atoms with van der Waals surface area (Å²) in [5.41, 5.74) is 3.25. The number of hydrogen-bond acceptors (Lipinski definition) is 2. The molecule has 0 atom stereocenters. The second kappa shape index (κ2) is 6.55. The first-order chi connectivity index (χ1) is 12.2. The molecule has 1 radical (unpaired) electrons. The number of fused-ring (bicyclic) bond motifs is 1. The average molecular weight is 331 g/mol. The first-order valence-electron chi connectivity index (χ1n) is 8.50. The van der Waals surface area contributed by atoms with Crippen molar-refractivity contribution in [1.29, 1.82) is 0 Å². The lowest BCUT2D eigenvalue weighted by Crippen LogP contribution is -2.32. The van der Waals surface area contributed by atoms with Crippen molar-refractivity contribution in [1.82, 2.24) is 9.88 Å².